The molecule has 0 aliphatic rings. The minimum atomic E-state index is -0.892. The number of nitrogens with one attached hydrogen (secondary N) is 1. The van der Waals surface area contributed by atoms with Gasteiger partial charge in [0.1, 0.15) is 0 Å². The van der Waals surface area contributed by atoms with Gasteiger partial charge < -0.3 is 4.74 Å². The maximum absolute atomic E-state index is 10.4. The quantitative estimate of drug-likeness (QED) is 0.339. The van der Waals surface area contributed by atoms with Gasteiger partial charge in [-0.2, -0.15) is 0 Å². The third kappa shape index (κ3) is 3.34. The number of amides is 1. The third-order valence-corrected chi connectivity index (χ3v) is 0.927. The summed E-state index contributed by atoms with van der Waals surface area (Å²) in [6.45, 7) is 2.10. The molecular formula is C5H9NO3S. The summed E-state index contributed by atoms with van der Waals surface area (Å²) in [5.41, 5.74) is 0. The Hall–Kier alpha value is -0.710. The van der Waals surface area contributed by atoms with Crippen LogP contribution >= 0.6 is 12.8 Å². The number of carbonyl (C=O) groups excluding carboxylic acids is 2. The smallest absolute Gasteiger partial charge is 0.397 e. The van der Waals surface area contributed by atoms with Crippen molar-refractivity contribution in [3.63, 3.8) is 0 Å². The summed E-state index contributed by atoms with van der Waals surface area (Å²) >= 11 is 3.38. The molecule has 0 unspecified atom stereocenters. The summed E-state index contributed by atoms with van der Waals surface area (Å²) in [7, 11) is 0. The van der Waals surface area contributed by atoms with Gasteiger partial charge in [-0.05, 0) is 6.42 Å². The van der Waals surface area contributed by atoms with E-state index in [2.05, 4.69) is 17.6 Å². The fourth-order valence-corrected chi connectivity index (χ4v) is 0.397. The Morgan fingerprint density at radius 2 is 2.20 bits per heavy atom. The standard InChI is InChI=1S/C5H9NO3S/c1-2-3-9-5(8)4(7)6-10/h10H,2-3H2,1H3,(H,6,7). The minimum Gasteiger partial charge on any atom is -0.459 e. The lowest BCUT2D eigenvalue weighted by Gasteiger charge is -1.98. The van der Waals surface area contributed by atoms with Gasteiger partial charge in [-0.3, -0.25) is 9.52 Å². The highest BCUT2D eigenvalue weighted by molar-refractivity contribution is 7.78. The van der Waals surface area contributed by atoms with Crippen molar-refractivity contribution in [1.82, 2.24) is 4.72 Å². The molecule has 1 amide bonds. The summed E-state index contributed by atoms with van der Waals surface area (Å²) in [5, 5.41) is 0. The molecule has 0 heterocycles. The van der Waals surface area contributed by atoms with Gasteiger partial charge in [-0.25, -0.2) is 4.79 Å². The molecule has 1 N–H and O–H groups in total. The Labute approximate surface area is 64.5 Å². The topological polar surface area (TPSA) is 55.4 Å². The number of carbonyl (C=O) groups is 2. The van der Waals surface area contributed by atoms with E-state index < -0.39 is 11.9 Å². The lowest BCUT2D eigenvalue weighted by Crippen LogP contribution is -2.26. The van der Waals surface area contributed by atoms with Gasteiger partial charge in [0, 0.05) is 0 Å². The van der Waals surface area contributed by atoms with Crippen molar-refractivity contribution in [3.8, 4) is 0 Å². The Morgan fingerprint density at radius 3 is 2.60 bits per heavy atom. The van der Waals surface area contributed by atoms with Crippen molar-refractivity contribution in [1.29, 1.82) is 0 Å². The average molecular weight is 163 g/mol. The number of hydrogen-bond donors (Lipinski definition) is 2. The van der Waals surface area contributed by atoms with Crippen LogP contribution in [0.15, 0.2) is 0 Å². The Kier molecular flexibility index (Phi) is 4.74. The van der Waals surface area contributed by atoms with Crippen LogP contribution in [0.5, 0.6) is 0 Å². The molecule has 0 aliphatic carbocycles. The summed E-state index contributed by atoms with van der Waals surface area (Å²) in [5.74, 6) is -1.73. The molecule has 0 atom stereocenters. The van der Waals surface area contributed by atoms with E-state index in [-0.39, 0.29) is 6.61 Å². The van der Waals surface area contributed by atoms with Crippen LogP contribution < -0.4 is 4.72 Å². The fraction of sp³-hybridized carbons (Fsp3) is 0.600. The van der Waals surface area contributed by atoms with Gasteiger partial charge in [-0.15, -0.1) is 0 Å². The second kappa shape index (κ2) is 5.10. The van der Waals surface area contributed by atoms with Gasteiger partial charge in [0.2, 0.25) is 0 Å². The average Bonchev–Trinajstić information content (AvgIpc) is 1.98. The largest absolute Gasteiger partial charge is 0.459 e. The molecule has 0 aromatic carbocycles. The zero-order valence-corrected chi connectivity index (χ0v) is 6.48. The van der Waals surface area contributed by atoms with Crippen LogP contribution in [-0.4, -0.2) is 18.5 Å². The van der Waals surface area contributed by atoms with E-state index in [4.69, 9.17) is 0 Å². The molecule has 0 rings (SSSR count). The van der Waals surface area contributed by atoms with E-state index in [1.54, 1.807) is 0 Å². The van der Waals surface area contributed by atoms with E-state index in [9.17, 15) is 9.59 Å². The fourth-order valence-electron chi connectivity index (χ4n) is 0.306. The van der Waals surface area contributed by atoms with Gasteiger partial charge in [0.25, 0.3) is 0 Å². The summed E-state index contributed by atoms with van der Waals surface area (Å²) < 4.78 is 6.30. The van der Waals surface area contributed by atoms with Crippen molar-refractivity contribution in [2.45, 2.75) is 13.3 Å². The molecular weight excluding hydrogens is 154 g/mol. The first-order valence-corrected chi connectivity index (χ1v) is 3.28. The highest BCUT2D eigenvalue weighted by Gasteiger charge is 2.11. The summed E-state index contributed by atoms with van der Waals surface area (Å²) in [6, 6.07) is 0. The van der Waals surface area contributed by atoms with E-state index in [0.29, 0.717) is 6.42 Å². The molecule has 0 saturated carbocycles. The Balaban J connectivity index is 3.52. The first-order valence-electron chi connectivity index (χ1n) is 2.83. The van der Waals surface area contributed by atoms with Crippen LogP contribution in [0.3, 0.4) is 0 Å². The molecule has 5 heteroatoms. The predicted molar refractivity (Wildman–Crippen MR) is 38.4 cm³/mol. The highest BCUT2D eigenvalue weighted by Crippen LogP contribution is 1.82. The number of ether oxygens (including phenoxy) is 1. The minimum absolute atomic E-state index is 0.264. The van der Waals surface area contributed by atoms with Crippen molar-refractivity contribution >= 4 is 24.7 Å². The van der Waals surface area contributed by atoms with Gasteiger partial charge in [0.05, 0.1) is 6.61 Å². The lowest BCUT2D eigenvalue weighted by atomic mass is 10.5. The SMILES string of the molecule is CCCOC(=O)C(=O)NS. The van der Waals surface area contributed by atoms with E-state index in [1.165, 1.54) is 0 Å². The van der Waals surface area contributed by atoms with E-state index in [1.807, 2.05) is 11.6 Å². The van der Waals surface area contributed by atoms with Crippen LogP contribution in [0, 0.1) is 0 Å². The first kappa shape index (κ1) is 9.29. The zero-order valence-electron chi connectivity index (χ0n) is 5.59. The molecule has 10 heavy (non-hydrogen) atoms. The van der Waals surface area contributed by atoms with Gasteiger partial charge in [0.15, 0.2) is 0 Å². The molecule has 0 aromatic heterocycles. The molecule has 0 aromatic rings. The van der Waals surface area contributed by atoms with Crippen molar-refractivity contribution in [2.75, 3.05) is 6.61 Å². The molecule has 0 aliphatic heterocycles. The van der Waals surface area contributed by atoms with Crippen molar-refractivity contribution < 1.29 is 14.3 Å². The van der Waals surface area contributed by atoms with Crippen molar-refractivity contribution in [2.24, 2.45) is 0 Å². The zero-order chi connectivity index (χ0) is 7.98. The third-order valence-electron chi connectivity index (χ3n) is 0.724. The number of rotatable bonds is 2. The van der Waals surface area contributed by atoms with Crippen LogP contribution in [-0.2, 0) is 14.3 Å². The van der Waals surface area contributed by atoms with Gasteiger partial charge in [-0.1, -0.05) is 19.7 Å². The molecule has 4 nitrogen and oxygen atoms in total. The Morgan fingerprint density at radius 1 is 1.60 bits per heavy atom. The maximum Gasteiger partial charge on any atom is 0.397 e. The van der Waals surface area contributed by atoms with Crippen LogP contribution in [0.4, 0.5) is 0 Å². The summed E-state index contributed by atoms with van der Waals surface area (Å²) in [6.07, 6.45) is 0.700. The number of esters is 1. The van der Waals surface area contributed by atoms with Crippen molar-refractivity contribution in [3.05, 3.63) is 0 Å². The number of hydrogen-bond acceptors (Lipinski definition) is 4. The summed E-state index contributed by atoms with van der Waals surface area (Å²) in [4.78, 5) is 20.8. The van der Waals surface area contributed by atoms with E-state index >= 15 is 0 Å². The predicted octanol–water partition coefficient (Wildman–Crippen LogP) is -0.0994. The second-order valence-electron chi connectivity index (χ2n) is 1.58. The monoisotopic (exact) mass is 163 g/mol. The molecule has 0 fully saturated rings. The van der Waals surface area contributed by atoms with Gasteiger partial charge >= 0.3 is 11.9 Å². The normalized spacial score (nSPS) is 8.60. The van der Waals surface area contributed by atoms with Crippen LogP contribution in [0.1, 0.15) is 13.3 Å². The highest BCUT2D eigenvalue weighted by atomic mass is 32.1. The van der Waals surface area contributed by atoms with Crippen LogP contribution in [0.2, 0.25) is 0 Å². The first-order chi connectivity index (χ1) is 4.72. The molecule has 0 bridgehead atoms. The number of thiol groups is 1. The van der Waals surface area contributed by atoms with E-state index in [0.717, 1.165) is 0 Å². The molecule has 0 saturated heterocycles. The molecule has 0 spiro atoms. The maximum atomic E-state index is 10.4. The lowest BCUT2D eigenvalue weighted by molar-refractivity contribution is -0.154. The molecule has 0 radical (unpaired) electrons. The van der Waals surface area contributed by atoms with Crippen LogP contribution in [0.25, 0.3) is 0 Å². The molecule has 58 valence electrons. The Bertz CT molecular complexity index is 137. The second-order valence-corrected chi connectivity index (χ2v) is 1.80.